The van der Waals surface area contributed by atoms with Crippen LogP contribution in [0.1, 0.15) is 6.42 Å². The summed E-state index contributed by atoms with van der Waals surface area (Å²) in [5.41, 5.74) is 0. The predicted molar refractivity (Wildman–Crippen MR) is 42.1 cm³/mol. The van der Waals surface area contributed by atoms with Crippen LogP contribution < -0.4 is 0 Å². The second-order valence-electron chi connectivity index (χ2n) is 2.90. The first-order valence-corrected chi connectivity index (χ1v) is 3.78. The Morgan fingerprint density at radius 2 is 2.36 bits per heavy atom. The van der Waals surface area contributed by atoms with E-state index in [2.05, 4.69) is 0 Å². The largest absolute Gasteiger partial charge is 0.505 e. The maximum atomic E-state index is 12.7. The molecule has 0 saturated carbocycles. The molecule has 1 rings (SSSR count). The molecule has 11 heavy (non-hydrogen) atoms. The molecule has 0 bridgehead atoms. The van der Waals surface area contributed by atoms with Crippen molar-refractivity contribution in [1.29, 1.82) is 0 Å². The molecular weight excluding hydrogens is 145 g/mol. The van der Waals surface area contributed by atoms with Crippen LogP contribution in [0.15, 0.2) is 12.3 Å². The maximum Gasteiger partial charge on any atom is 0.115 e. The Morgan fingerprint density at radius 1 is 1.64 bits per heavy atom. The van der Waals surface area contributed by atoms with Gasteiger partial charge in [0.05, 0.1) is 13.4 Å². The molecule has 1 fully saturated rings. The van der Waals surface area contributed by atoms with Gasteiger partial charge in [-0.3, -0.25) is 4.90 Å². The van der Waals surface area contributed by atoms with Crippen molar-refractivity contribution in [2.45, 2.75) is 18.6 Å². The number of rotatable bonds is 2. The van der Waals surface area contributed by atoms with Crippen LogP contribution in [0.2, 0.25) is 0 Å². The Morgan fingerprint density at radius 3 is 2.82 bits per heavy atom. The molecule has 2 atom stereocenters. The van der Waals surface area contributed by atoms with Crippen molar-refractivity contribution in [3.63, 3.8) is 0 Å². The average Bonchev–Trinajstić information content (AvgIpc) is 2.26. The summed E-state index contributed by atoms with van der Waals surface area (Å²) in [6.07, 6.45) is 3.42. The summed E-state index contributed by atoms with van der Waals surface area (Å²) < 4.78 is 17.5. The molecular formula is C8H14FNO. The number of likely N-dealkylation sites (N-methyl/N-ethyl adjacent to an activating group) is 1. The van der Waals surface area contributed by atoms with Crippen molar-refractivity contribution >= 4 is 0 Å². The Kier molecular flexibility index (Phi) is 2.88. The van der Waals surface area contributed by atoms with E-state index in [9.17, 15) is 4.39 Å². The van der Waals surface area contributed by atoms with E-state index < -0.39 is 6.17 Å². The van der Waals surface area contributed by atoms with Gasteiger partial charge in [-0.05, 0) is 19.5 Å². The van der Waals surface area contributed by atoms with Crippen LogP contribution in [-0.4, -0.2) is 37.8 Å². The van der Waals surface area contributed by atoms with Crippen LogP contribution in [0, 0.1) is 0 Å². The number of nitrogens with zero attached hydrogens (tertiary/aromatic N) is 1. The summed E-state index contributed by atoms with van der Waals surface area (Å²) in [6.45, 7) is 0.540. The molecule has 1 saturated heterocycles. The summed E-state index contributed by atoms with van der Waals surface area (Å²) in [5, 5.41) is 0. The van der Waals surface area contributed by atoms with Crippen LogP contribution in [0.25, 0.3) is 0 Å². The van der Waals surface area contributed by atoms with Gasteiger partial charge in [-0.25, -0.2) is 4.39 Å². The van der Waals surface area contributed by atoms with Crippen molar-refractivity contribution in [1.82, 2.24) is 4.90 Å². The second kappa shape index (κ2) is 3.72. The number of alkyl halides is 1. The van der Waals surface area contributed by atoms with Crippen molar-refractivity contribution in [3.05, 3.63) is 12.3 Å². The van der Waals surface area contributed by atoms with Crippen LogP contribution in [0.4, 0.5) is 4.39 Å². The molecule has 1 heterocycles. The van der Waals surface area contributed by atoms with Gasteiger partial charge in [-0.15, -0.1) is 0 Å². The fourth-order valence-electron chi connectivity index (χ4n) is 1.36. The van der Waals surface area contributed by atoms with Gasteiger partial charge in [0.15, 0.2) is 0 Å². The molecule has 0 aromatic carbocycles. The van der Waals surface area contributed by atoms with E-state index in [0.29, 0.717) is 13.0 Å². The molecule has 3 heteroatoms. The minimum absolute atomic E-state index is 0.213. The minimum Gasteiger partial charge on any atom is -0.505 e. The van der Waals surface area contributed by atoms with E-state index >= 15 is 0 Å². The van der Waals surface area contributed by atoms with E-state index in [1.165, 1.54) is 0 Å². The number of likely N-dealkylation sites (tertiary alicyclic amines) is 1. The van der Waals surface area contributed by atoms with Crippen LogP contribution in [0.5, 0.6) is 0 Å². The van der Waals surface area contributed by atoms with Crippen molar-refractivity contribution < 1.29 is 9.13 Å². The molecule has 0 amide bonds. The predicted octanol–water partition coefficient (Wildman–Crippen LogP) is 1.19. The van der Waals surface area contributed by atoms with Crippen molar-refractivity contribution in [2.75, 3.05) is 20.7 Å². The zero-order valence-corrected chi connectivity index (χ0v) is 6.96. The summed E-state index contributed by atoms with van der Waals surface area (Å²) >= 11 is 0. The molecule has 0 unspecified atom stereocenters. The highest BCUT2D eigenvalue weighted by Crippen LogP contribution is 2.18. The van der Waals surface area contributed by atoms with Crippen LogP contribution >= 0.6 is 0 Å². The fourth-order valence-corrected chi connectivity index (χ4v) is 1.36. The van der Waals surface area contributed by atoms with Crippen LogP contribution in [-0.2, 0) is 4.74 Å². The molecule has 0 aromatic heterocycles. The summed E-state index contributed by atoms with van der Waals surface area (Å²) in [7, 11) is 3.52. The second-order valence-corrected chi connectivity index (χ2v) is 2.90. The Bertz CT molecular complexity index is 149. The number of methoxy groups -OCH3 is 1. The Labute approximate surface area is 66.6 Å². The zero-order valence-electron chi connectivity index (χ0n) is 6.96. The van der Waals surface area contributed by atoms with Crippen LogP contribution in [0.3, 0.4) is 0 Å². The van der Waals surface area contributed by atoms with E-state index in [-0.39, 0.29) is 6.04 Å². The molecule has 0 radical (unpaired) electrons. The summed E-state index contributed by atoms with van der Waals surface area (Å²) in [5.74, 6) is 0. The monoisotopic (exact) mass is 159 g/mol. The maximum absolute atomic E-state index is 12.7. The third-order valence-electron chi connectivity index (χ3n) is 1.99. The molecule has 2 nitrogen and oxygen atoms in total. The van der Waals surface area contributed by atoms with Gasteiger partial charge in [-0.2, -0.15) is 0 Å². The first-order valence-electron chi connectivity index (χ1n) is 3.78. The Hall–Kier alpha value is -0.570. The van der Waals surface area contributed by atoms with Gasteiger partial charge >= 0.3 is 0 Å². The highest BCUT2D eigenvalue weighted by atomic mass is 19.1. The molecule has 0 aromatic rings. The smallest absolute Gasteiger partial charge is 0.115 e. The molecule has 1 aliphatic heterocycles. The van der Waals surface area contributed by atoms with E-state index in [1.807, 2.05) is 18.0 Å². The third-order valence-corrected chi connectivity index (χ3v) is 1.99. The number of ether oxygens (including phenoxy) is 1. The lowest BCUT2D eigenvalue weighted by Crippen LogP contribution is -2.22. The summed E-state index contributed by atoms with van der Waals surface area (Å²) in [4.78, 5) is 1.99. The number of hydrogen-bond acceptors (Lipinski definition) is 2. The molecule has 0 N–H and O–H groups in total. The van der Waals surface area contributed by atoms with Gasteiger partial charge in [0.2, 0.25) is 0 Å². The van der Waals surface area contributed by atoms with Gasteiger partial charge < -0.3 is 4.74 Å². The van der Waals surface area contributed by atoms with Gasteiger partial charge in [0.1, 0.15) is 6.17 Å². The topological polar surface area (TPSA) is 12.5 Å². The zero-order chi connectivity index (χ0) is 8.27. The number of halogens is 1. The average molecular weight is 159 g/mol. The first-order chi connectivity index (χ1) is 5.24. The quantitative estimate of drug-likeness (QED) is 0.561. The third kappa shape index (κ3) is 2.19. The lowest BCUT2D eigenvalue weighted by atomic mass is 10.2. The lowest BCUT2D eigenvalue weighted by Gasteiger charge is -2.13. The molecule has 0 spiro atoms. The van der Waals surface area contributed by atoms with E-state index in [1.54, 1.807) is 13.4 Å². The summed E-state index contributed by atoms with van der Waals surface area (Å²) in [6, 6.07) is 0.213. The first kappa shape index (κ1) is 8.53. The number of hydrogen-bond donors (Lipinski definition) is 0. The lowest BCUT2D eigenvalue weighted by molar-refractivity contribution is 0.304. The van der Waals surface area contributed by atoms with Crippen molar-refractivity contribution in [2.24, 2.45) is 0 Å². The minimum atomic E-state index is -0.675. The fraction of sp³-hybridized carbons (Fsp3) is 0.750. The van der Waals surface area contributed by atoms with Gasteiger partial charge in [0.25, 0.3) is 0 Å². The van der Waals surface area contributed by atoms with Crippen molar-refractivity contribution in [3.8, 4) is 0 Å². The SMILES string of the molecule is CO/C=C/[C@@H]1C[C@H](F)CN1C. The normalized spacial score (nSPS) is 33.4. The molecule has 1 aliphatic rings. The van der Waals surface area contributed by atoms with E-state index in [4.69, 9.17) is 4.74 Å². The standard InChI is InChI=1S/C8H14FNO/c1-10-6-7(9)5-8(10)3-4-11-2/h3-4,7-8H,5-6H2,1-2H3/b4-3+/t7-,8+/m0/s1. The van der Waals surface area contributed by atoms with Gasteiger partial charge in [-0.1, -0.05) is 0 Å². The molecule has 0 aliphatic carbocycles. The Balaban J connectivity index is 2.40. The van der Waals surface area contributed by atoms with E-state index in [0.717, 1.165) is 0 Å². The highest BCUT2D eigenvalue weighted by Gasteiger charge is 2.26. The highest BCUT2D eigenvalue weighted by molar-refractivity contribution is 4.96. The molecule has 64 valence electrons. The van der Waals surface area contributed by atoms with Gasteiger partial charge in [0, 0.05) is 12.6 Å².